The average Bonchev–Trinajstić information content (AvgIpc) is 3.02. The molecule has 13 heteroatoms. The zero-order chi connectivity index (χ0) is 32.1. The fourth-order valence-corrected chi connectivity index (χ4v) is 5.84. The highest BCUT2D eigenvalue weighted by Crippen LogP contribution is 2.32. The van der Waals surface area contributed by atoms with Crippen molar-refractivity contribution in [3.05, 3.63) is 101 Å². The molecule has 232 valence electrons. The number of ether oxygens (including phenoxy) is 2. The van der Waals surface area contributed by atoms with Crippen LogP contribution in [-0.4, -0.2) is 45.1 Å². The molecule has 45 heavy (non-hydrogen) atoms. The van der Waals surface area contributed by atoms with Crippen LogP contribution in [0.5, 0.6) is 11.5 Å². The lowest BCUT2D eigenvalue weighted by atomic mass is 10.1. The van der Waals surface area contributed by atoms with E-state index < -0.39 is 15.9 Å². The second-order valence-electron chi connectivity index (χ2n) is 10.1. The monoisotopic (exact) mass is 646 g/mol. The number of sulfonamides is 1. The number of hydrogen-bond donors (Lipinski definition) is 3. The molecule has 1 aromatic heterocycles. The number of carbonyl (C=O) groups excluding carboxylic acids is 1. The van der Waals surface area contributed by atoms with E-state index in [9.17, 15) is 13.2 Å². The van der Waals surface area contributed by atoms with Gasteiger partial charge in [-0.1, -0.05) is 41.9 Å². The molecule has 0 aliphatic heterocycles. The number of halogens is 1. The largest absolute Gasteiger partial charge is 0.497 e. The van der Waals surface area contributed by atoms with Crippen LogP contribution in [0.15, 0.2) is 89.8 Å². The van der Waals surface area contributed by atoms with Crippen molar-refractivity contribution in [1.82, 2.24) is 9.97 Å². The molecule has 0 aliphatic rings. The van der Waals surface area contributed by atoms with E-state index in [1.54, 1.807) is 59.5 Å². The molecule has 0 fully saturated rings. The van der Waals surface area contributed by atoms with E-state index in [1.807, 2.05) is 25.1 Å². The summed E-state index contributed by atoms with van der Waals surface area (Å²) in [5.41, 5.74) is 9.35. The summed E-state index contributed by atoms with van der Waals surface area (Å²) in [5.74, 6) is 0.617. The molecule has 0 radical (unpaired) electrons. The van der Waals surface area contributed by atoms with E-state index >= 15 is 0 Å². The summed E-state index contributed by atoms with van der Waals surface area (Å²) >= 11 is 6.32. The maximum Gasteiger partial charge on any atom is 0.263 e. The minimum atomic E-state index is -4.20. The van der Waals surface area contributed by atoms with E-state index in [2.05, 4.69) is 20.0 Å². The van der Waals surface area contributed by atoms with Gasteiger partial charge >= 0.3 is 0 Å². The Kier molecular flexibility index (Phi) is 9.26. The van der Waals surface area contributed by atoms with Gasteiger partial charge in [0.2, 0.25) is 5.91 Å². The quantitative estimate of drug-likeness (QED) is 0.156. The van der Waals surface area contributed by atoms with Crippen LogP contribution in [0, 0.1) is 6.92 Å². The minimum Gasteiger partial charge on any atom is -0.497 e. The van der Waals surface area contributed by atoms with Crippen molar-refractivity contribution in [3.8, 4) is 11.5 Å². The third-order valence-corrected chi connectivity index (χ3v) is 8.61. The Balaban J connectivity index is 1.50. The number of para-hydroxylation sites is 2. The molecule has 0 saturated carbocycles. The molecule has 11 nitrogen and oxygen atoms in total. The summed E-state index contributed by atoms with van der Waals surface area (Å²) in [4.78, 5) is 22.8. The van der Waals surface area contributed by atoms with Crippen LogP contribution in [0.3, 0.4) is 0 Å². The summed E-state index contributed by atoms with van der Waals surface area (Å²) in [7, 11) is -1.14. The van der Waals surface area contributed by atoms with Gasteiger partial charge < -0.3 is 25.4 Å². The highest BCUT2D eigenvalue weighted by molar-refractivity contribution is 7.92. The summed E-state index contributed by atoms with van der Waals surface area (Å²) in [6, 6.07) is 24.0. The molecule has 4 aromatic carbocycles. The molecule has 1 heterocycles. The molecular weight excluding hydrogens is 616 g/mol. The highest BCUT2D eigenvalue weighted by atomic mass is 35.5. The van der Waals surface area contributed by atoms with Crippen LogP contribution >= 0.6 is 11.6 Å². The number of fused-ring (bicyclic) bond motifs is 1. The Bertz CT molecular complexity index is 1970. The van der Waals surface area contributed by atoms with Gasteiger partial charge in [0.1, 0.15) is 11.5 Å². The molecule has 5 aromatic rings. The molecular formula is C32H31ClN6O5S. The summed E-state index contributed by atoms with van der Waals surface area (Å²) in [6.45, 7) is 2.02. The van der Waals surface area contributed by atoms with Gasteiger partial charge in [-0.3, -0.25) is 9.52 Å². The Morgan fingerprint density at radius 3 is 2.18 bits per heavy atom. The zero-order valence-corrected chi connectivity index (χ0v) is 26.3. The molecule has 4 N–H and O–H groups in total. The normalized spacial score (nSPS) is 11.2. The number of anilines is 4. The Hall–Kier alpha value is -5.07. The second kappa shape index (κ2) is 13.3. The number of rotatable bonds is 12. The number of nitrogens with one attached hydrogen (secondary N) is 2. The number of primary amides is 1. The van der Waals surface area contributed by atoms with Gasteiger partial charge in [-0.15, -0.1) is 0 Å². The smallest absolute Gasteiger partial charge is 0.263 e. The van der Waals surface area contributed by atoms with Crippen molar-refractivity contribution >= 4 is 61.6 Å². The summed E-state index contributed by atoms with van der Waals surface area (Å²) < 4.78 is 40.9. The number of carbonyl (C=O) groups is 1. The molecule has 5 rings (SSSR count). The van der Waals surface area contributed by atoms with Crippen LogP contribution in [0.1, 0.15) is 11.1 Å². The minimum absolute atomic E-state index is 0.0239. The van der Waals surface area contributed by atoms with Gasteiger partial charge in [-0.05, 0) is 54.4 Å². The van der Waals surface area contributed by atoms with Gasteiger partial charge in [0, 0.05) is 41.1 Å². The van der Waals surface area contributed by atoms with E-state index in [1.165, 1.54) is 26.4 Å². The Labute approximate surface area is 266 Å². The van der Waals surface area contributed by atoms with Crippen molar-refractivity contribution in [1.29, 1.82) is 0 Å². The molecule has 0 bridgehead atoms. The molecule has 0 atom stereocenters. The number of aryl methyl sites for hydroxylation is 1. The summed E-state index contributed by atoms with van der Waals surface area (Å²) in [5, 5.41) is 3.73. The van der Waals surface area contributed by atoms with Crippen molar-refractivity contribution in [2.75, 3.05) is 35.7 Å². The van der Waals surface area contributed by atoms with Crippen molar-refractivity contribution in [2.45, 2.75) is 18.4 Å². The molecule has 0 saturated heterocycles. The maximum atomic E-state index is 13.8. The average molecular weight is 647 g/mol. The van der Waals surface area contributed by atoms with Gasteiger partial charge in [0.05, 0.1) is 36.7 Å². The van der Waals surface area contributed by atoms with Crippen LogP contribution in [0.4, 0.5) is 23.0 Å². The SMILES string of the molecule is COc1cc(Nc2nc3ccccc3nc2NS(=O)(=O)c2cccc(N(CC(N)=O)Cc3ccc(C)c(Cl)c3)c2)cc(OC)c1. The molecule has 0 unspecified atom stereocenters. The summed E-state index contributed by atoms with van der Waals surface area (Å²) in [6.07, 6.45) is 0. The Morgan fingerprint density at radius 2 is 1.56 bits per heavy atom. The van der Waals surface area contributed by atoms with E-state index in [-0.39, 0.29) is 29.6 Å². The van der Waals surface area contributed by atoms with E-state index in [0.29, 0.717) is 38.9 Å². The number of nitrogens with two attached hydrogens (primary N) is 1. The maximum absolute atomic E-state index is 13.8. The second-order valence-corrected chi connectivity index (χ2v) is 12.2. The van der Waals surface area contributed by atoms with Gasteiger partial charge in [-0.2, -0.15) is 0 Å². The van der Waals surface area contributed by atoms with Gasteiger partial charge in [0.15, 0.2) is 11.6 Å². The number of nitrogens with zero attached hydrogens (tertiary/aromatic N) is 3. The zero-order valence-electron chi connectivity index (χ0n) is 24.7. The highest BCUT2D eigenvalue weighted by Gasteiger charge is 2.21. The first kappa shape index (κ1) is 31.4. The first-order valence-electron chi connectivity index (χ1n) is 13.7. The van der Waals surface area contributed by atoms with Crippen molar-refractivity contribution in [2.24, 2.45) is 5.73 Å². The van der Waals surface area contributed by atoms with Crippen molar-refractivity contribution in [3.63, 3.8) is 0 Å². The topological polar surface area (TPSA) is 149 Å². The third-order valence-electron chi connectivity index (χ3n) is 6.87. The lowest BCUT2D eigenvalue weighted by Crippen LogP contribution is -2.33. The van der Waals surface area contributed by atoms with Crippen LogP contribution in [-0.2, 0) is 21.4 Å². The molecule has 1 amide bonds. The van der Waals surface area contributed by atoms with Crippen LogP contribution < -0.4 is 30.1 Å². The third kappa shape index (κ3) is 7.54. The standard InChI is InChI=1S/C32H31ClN6O5S/c1-20-11-12-21(13-27(20)33)18-39(19-30(34)40)23-7-6-8-26(16-23)45(41,42)38-32-31(36-28-9-4-5-10-29(28)37-32)35-22-14-24(43-2)17-25(15-22)44-3/h4-17H,18-19H2,1-3H3,(H2,34,40)(H,35,36)(H,37,38). The number of benzene rings is 4. The molecule has 0 aliphatic carbocycles. The first-order valence-corrected chi connectivity index (χ1v) is 15.6. The van der Waals surface area contributed by atoms with E-state index in [0.717, 1.165) is 11.1 Å². The van der Waals surface area contributed by atoms with Crippen LogP contribution in [0.25, 0.3) is 11.0 Å². The fourth-order valence-electron chi connectivity index (χ4n) is 4.59. The Morgan fingerprint density at radius 1 is 0.889 bits per heavy atom. The van der Waals surface area contributed by atoms with Gasteiger partial charge in [-0.25, -0.2) is 18.4 Å². The first-order chi connectivity index (χ1) is 21.5. The molecule has 0 spiro atoms. The van der Waals surface area contributed by atoms with Crippen molar-refractivity contribution < 1.29 is 22.7 Å². The number of hydrogen-bond acceptors (Lipinski definition) is 9. The van der Waals surface area contributed by atoms with Gasteiger partial charge in [0.25, 0.3) is 10.0 Å². The lowest BCUT2D eigenvalue weighted by molar-refractivity contribution is -0.116. The fraction of sp³-hybridized carbons (Fsp3) is 0.156. The lowest BCUT2D eigenvalue weighted by Gasteiger charge is -2.24. The number of methoxy groups -OCH3 is 2. The predicted molar refractivity (Wildman–Crippen MR) is 176 cm³/mol. The predicted octanol–water partition coefficient (Wildman–Crippen LogP) is 5.65. The van der Waals surface area contributed by atoms with Crippen LogP contribution in [0.2, 0.25) is 5.02 Å². The van der Waals surface area contributed by atoms with E-state index in [4.69, 9.17) is 26.8 Å². The number of amides is 1. The number of aromatic nitrogens is 2.